The van der Waals surface area contributed by atoms with Gasteiger partial charge in [-0.25, -0.2) is 9.67 Å². The van der Waals surface area contributed by atoms with Crippen molar-refractivity contribution in [2.45, 2.75) is 39.7 Å². The van der Waals surface area contributed by atoms with Crippen molar-refractivity contribution in [1.82, 2.24) is 19.7 Å². The zero-order valence-electron chi connectivity index (χ0n) is 17.5. The van der Waals surface area contributed by atoms with E-state index < -0.39 is 0 Å². The van der Waals surface area contributed by atoms with Crippen molar-refractivity contribution in [2.75, 3.05) is 18.9 Å². The van der Waals surface area contributed by atoms with Gasteiger partial charge in [0.25, 0.3) is 5.91 Å². The molecule has 0 fully saturated rings. The molecule has 0 aliphatic rings. The molecule has 0 unspecified atom stereocenters. The number of anilines is 1. The summed E-state index contributed by atoms with van der Waals surface area (Å²) in [4.78, 5) is 31.7. The van der Waals surface area contributed by atoms with E-state index in [1.807, 2.05) is 56.6 Å². The Bertz CT molecular complexity index is 1020. The smallest absolute Gasteiger partial charge is 0.254 e. The summed E-state index contributed by atoms with van der Waals surface area (Å²) in [6.07, 6.45) is 1.68. The summed E-state index contributed by atoms with van der Waals surface area (Å²) in [6, 6.07) is 11.1. The number of rotatable bonds is 6. The minimum Gasteiger partial charge on any atom is -0.332 e. The molecule has 0 radical (unpaired) electrons. The van der Waals surface area contributed by atoms with Crippen molar-refractivity contribution in [3.63, 3.8) is 0 Å². The molecule has 1 aromatic carbocycles. The lowest BCUT2D eigenvalue weighted by Gasteiger charge is -2.18. The third kappa shape index (κ3) is 4.45. The van der Waals surface area contributed by atoms with Crippen LogP contribution in [0.2, 0.25) is 0 Å². The Labute approximate surface area is 170 Å². The first-order valence-corrected chi connectivity index (χ1v) is 9.76. The zero-order chi connectivity index (χ0) is 21.1. The summed E-state index contributed by atoms with van der Waals surface area (Å²) in [5, 5.41) is 7.92. The van der Waals surface area contributed by atoms with Gasteiger partial charge in [-0.3, -0.25) is 9.59 Å². The number of hydrogen-bond donors (Lipinski definition) is 1. The van der Waals surface area contributed by atoms with Gasteiger partial charge in [0.1, 0.15) is 0 Å². The summed E-state index contributed by atoms with van der Waals surface area (Å²) in [7, 11) is 1.63. The number of nitrogens with zero attached hydrogens (tertiary/aromatic N) is 4. The zero-order valence-corrected chi connectivity index (χ0v) is 17.5. The SMILES string of the molecule is CC(C)c1cc(C(=O)N(C)CC(=O)Nc2ccccc2)c2cnn(C(C)C)c2n1. The van der Waals surface area contributed by atoms with Crippen LogP contribution in [0.15, 0.2) is 42.6 Å². The standard InChI is InChI=1S/C22H27N5O2/c1-14(2)19-11-17(18-12-23-27(15(3)4)21(18)25-19)22(29)26(5)13-20(28)24-16-9-7-6-8-10-16/h6-12,14-15H,13H2,1-5H3,(H,24,28). The van der Waals surface area contributed by atoms with Gasteiger partial charge in [0.05, 0.1) is 23.7 Å². The van der Waals surface area contributed by atoms with Gasteiger partial charge in [0, 0.05) is 24.5 Å². The van der Waals surface area contributed by atoms with Gasteiger partial charge in [-0.2, -0.15) is 5.10 Å². The van der Waals surface area contributed by atoms with Gasteiger partial charge < -0.3 is 10.2 Å². The van der Waals surface area contributed by atoms with Crippen LogP contribution in [0.1, 0.15) is 55.7 Å². The average Bonchev–Trinajstić information content (AvgIpc) is 3.11. The van der Waals surface area contributed by atoms with Crippen LogP contribution >= 0.6 is 0 Å². The molecule has 0 bridgehead atoms. The highest BCUT2D eigenvalue weighted by atomic mass is 16.2. The fraction of sp³-hybridized carbons (Fsp3) is 0.364. The number of hydrogen-bond acceptors (Lipinski definition) is 4. The van der Waals surface area contributed by atoms with E-state index >= 15 is 0 Å². The van der Waals surface area contributed by atoms with Gasteiger partial charge in [0.15, 0.2) is 5.65 Å². The molecule has 0 spiro atoms. The molecule has 2 aromatic heterocycles. The Balaban J connectivity index is 1.88. The molecule has 0 saturated carbocycles. The highest BCUT2D eigenvalue weighted by Gasteiger charge is 2.22. The largest absolute Gasteiger partial charge is 0.332 e. The van der Waals surface area contributed by atoms with Crippen LogP contribution in [-0.4, -0.2) is 45.1 Å². The molecule has 2 heterocycles. The lowest BCUT2D eigenvalue weighted by atomic mass is 10.0. The fourth-order valence-electron chi connectivity index (χ4n) is 3.10. The van der Waals surface area contributed by atoms with Gasteiger partial charge in [-0.1, -0.05) is 32.0 Å². The van der Waals surface area contributed by atoms with Gasteiger partial charge in [-0.15, -0.1) is 0 Å². The molecule has 2 amide bonds. The monoisotopic (exact) mass is 393 g/mol. The van der Waals surface area contributed by atoms with E-state index in [0.29, 0.717) is 22.3 Å². The molecule has 0 aliphatic heterocycles. The summed E-state index contributed by atoms with van der Waals surface area (Å²) in [5.74, 6) is -0.321. The third-order valence-electron chi connectivity index (χ3n) is 4.68. The Morgan fingerprint density at radius 3 is 2.45 bits per heavy atom. The molecule has 0 saturated heterocycles. The minimum atomic E-state index is -0.251. The Morgan fingerprint density at radius 2 is 1.83 bits per heavy atom. The Hall–Kier alpha value is -3.22. The molecular formula is C22H27N5O2. The first-order valence-electron chi connectivity index (χ1n) is 9.76. The van der Waals surface area contributed by atoms with Gasteiger partial charge in [0.2, 0.25) is 5.91 Å². The minimum absolute atomic E-state index is 0.0487. The number of carbonyl (C=O) groups is 2. The number of carbonyl (C=O) groups excluding carboxylic acids is 2. The maximum atomic E-state index is 13.2. The Kier molecular flexibility index (Phi) is 5.96. The first kappa shape index (κ1) is 20.5. The Morgan fingerprint density at radius 1 is 1.14 bits per heavy atom. The third-order valence-corrected chi connectivity index (χ3v) is 4.68. The van der Waals surface area contributed by atoms with E-state index in [0.717, 1.165) is 5.69 Å². The van der Waals surface area contributed by atoms with E-state index in [1.54, 1.807) is 25.4 Å². The number of nitrogens with one attached hydrogen (secondary N) is 1. The van der Waals surface area contributed by atoms with Crippen molar-refractivity contribution in [3.8, 4) is 0 Å². The second kappa shape index (κ2) is 8.43. The van der Waals surface area contributed by atoms with E-state index in [2.05, 4.69) is 10.4 Å². The highest BCUT2D eigenvalue weighted by Crippen LogP contribution is 2.25. The molecule has 7 heteroatoms. The second-order valence-electron chi connectivity index (χ2n) is 7.74. The molecule has 1 N–H and O–H groups in total. The maximum absolute atomic E-state index is 13.2. The second-order valence-corrected chi connectivity index (χ2v) is 7.74. The normalized spacial score (nSPS) is 11.3. The molecule has 7 nitrogen and oxygen atoms in total. The van der Waals surface area contributed by atoms with Crippen molar-refractivity contribution >= 4 is 28.5 Å². The number of likely N-dealkylation sites (N-methyl/N-ethyl adjacent to an activating group) is 1. The van der Waals surface area contributed by atoms with E-state index in [4.69, 9.17) is 4.98 Å². The van der Waals surface area contributed by atoms with Crippen LogP contribution in [-0.2, 0) is 4.79 Å². The van der Waals surface area contributed by atoms with Gasteiger partial charge >= 0.3 is 0 Å². The number of aromatic nitrogens is 3. The van der Waals surface area contributed by atoms with E-state index in [1.165, 1.54) is 4.90 Å². The summed E-state index contributed by atoms with van der Waals surface area (Å²) in [5.41, 5.74) is 2.73. The molecule has 29 heavy (non-hydrogen) atoms. The van der Waals surface area contributed by atoms with Crippen LogP contribution in [0, 0.1) is 0 Å². The number of para-hydroxylation sites is 1. The number of benzene rings is 1. The van der Waals surface area contributed by atoms with Gasteiger partial charge in [-0.05, 0) is 38.0 Å². The molecule has 3 aromatic rings. The van der Waals surface area contributed by atoms with E-state index in [9.17, 15) is 9.59 Å². The average molecular weight is 393 g/mol. The molecule has 0 aliphatic carbocycles. The van der Waals surface area contributed by atoms with Crippen LogP contribution in [0.3, 0.4) is 0 Å². The number of pyridine rings is 1. The summed E-state index contributed by atoms with van der Waals surface area (Å²) < 4.78 is 1.82. The summed E-state index contributed by atoms with van der Waals surface area (Å²) in [6.45, 7) is 8.08. The van der Waals surface area contributed by atoms with Crippen LogP contribution < -0.4 is 5.32 Å². The molecule has 3 rings (SSSR count). The van der Waals surface area contributed by atoms with Crippen molar-refractivity contribution in [2.24, 2.45) is 0 Å². The predicted octanol–water partition coefficient (Wildman–Crippen LogP) is 3.85. The van der Waals surface area contributed by atoms with Crippen LogP contribution in [0.4, 0.5) is 5.69 Å². The molecule has 0 atom stereocenters. The highest BCUT2D eigenvalue weighted by molar-refractivity contribution is 6.07. The fourth-order valence-corrected chi connectivity index (χ4v) is 3.10. The maximum Gasteiger partial charge on any atom is 0.254 e. The lowest BCUT2D eigenvalue weighted by molar-refractivity contribution is -0.116. The van der Waals surface area contributed by atoms with E-state index in [-0.39, 0.29) is 30.3 Å². The molecule has 152 valence electrons. The van der Waals surface area contributed by atoms with Crippen molar-refractivity contribution < 1.29 is 9.59 Å². The number of amides is 2. The molecular weight excluding hydrogens is 366 g/mol. The van der Waals surface area contributed by atoms with Crippen molar-refractivity contribution in [1.29, 1.82) is 0 Å². The van der Waals surface area contributed by atoms with Crippen LogP contribution in [0.25, 0.3) is 11.0 Å². The topological polar surface area (TPSA) is 80.1 Å². The first-order chi connectivity index (χ1) is 13.8. The quantitative estimate of drug-likeness (QED) is 0.690. The predicted molar refractivity (Wildman–Crippen MR) is 114 cm³/mol. The number of fused-ring (bicyclic) bond motifs is 1. The lowest BCUT2D eigenvalue weighted by Crippen LogP contribution is -2.35. The van der Waals surface area contributed by atoms with Crippen LogP contribution in [0.5, 0.6) is 0 Å². The summed E-state index contributed by atoms with van der Waals surface area (Å²) >= 11 is 0. The van der Waals surface area contributed by atoms with Crippen molar-refractivity contribution in [3.05, 3.63) is 53.9 Å².